The van der Waals surface area contributed by atoms with E-state index in [0.717, 1.165) is 0 Å². The van der Waals surface area contributed by atoms with Crippen LogP contribution in [0.25, 0.3) is 0 Å². The summed E-state index contributed by atoms with van der Waals surface area (Å²) in [6.45, 7) is 1.58. The van der Waals surface area contributed by atoms with Crippen LogP contribution < -0.4 is 0 Å². The summed E-state index contributed by atoms with van der Waals surface area (Å²) in [5.41, 5.74) is 1.31. The zero-order valence-corrected chi connectivity index (χ0v) is 13.2. The highest BCUT2D eigenvalue weighted by molar-refractivity contribution is 7.89. The Bertz CT molecular complexity index is 788. The fourth-order valence-electron chi connectivity index (χ4n) is 2.69. The second-order valence-electron chi connectivity index (χ2n) is 5.46. The minimum Gasteiger partial charge on any atom is -0.389 e. The minimum absolute atomic E-state index is 0.0622. The molecule has 6 nitrogen and oxygen atoms in total. The molecule has 0 saturated heterocycles. The van der Waals surface area contributed by atoms with Crippen molar-refractivity contribution in [3.8, 4) is 0 Å². The van der Waals surface area contributed by atoms with Gasteiger partial charge in [0.1, 0.15) is 12.5 Å². The highest BCUT2D eigenvalue weighted by atomic mass is 32.2. The van der Waals surface area contributed by atoms with Crippen LogP contribution in [0, 0.1) is 0 Å². The number of sulfonamides is 1. The summed E-state index contributed by atoms with van der Waals surface area (Å²) in [7, 11) is -4.10. The first-order chi connectivity index (χ1) is 10.8. The van der Waals surface area contributed by atoms with Gasteiger partial charge >= 0.3 is 0 Å². The summed E-state index contributed by atoms with van der Waals surface area (Å²) in [5, 5.41) is 30.1. The number of fused-ring (bicyclic) bond motifs is 1. The van der Waals surface area contributed by atoms with Crippen LogP contribution in [0.1, 0.15) is 42.2 Å². The van der Waals surface area contributed by atoms with Crippen LogP contribution in [0.3, 0.4) is 0 Å². The Morgan fingerprint density at radius 3 is 1.87 bits per heavy atom. The molecule has 2 aromatic rings. The lowest BCUT2D eigenvalue weighted by Gasteiger charge is -2.23. The van der Waals surface area contributed by atoms with Crippen LogP contribution >= 0.6 is 0 Å². The van der Waals surface area contributed by atoms with Crippen LogP contribution in [0.2, 0.25) is 0 Å². The Morgan fingerprint density at radius 2 is 1.43 bits per heavy atom. The predicted molar refractivity (Wildman–Crippen MR) is 82.5 cm³/mol. The molecule has 0 saturated carbocycles. The third-order valence-corrected chi connectivity index (χ3v) is 5.79. The molecule has 3 unspecified atom stereocenters. The van der Waals surface area contributed by atoms with Gasteiger partial charge < -0.3 is 15.3 Å². The molecule has 1 heterocycles. The molecule has 0 amide bonds. The Hall–Kier alpha value is -1.77. The second kappa shape index (κ2) is 5.70. The highest BCUT2D eigenvalue weighted by Gasteiger charge is 2.44. The van der Waals surface area contributed by atoms with Crippen molar-refractivity contribution in [3.05, 3.63) is 65.2 Å². The van der Waals surface area contributed by atoms with Crippen LogP contribution in [0.15, 0.2) is 53.4 Å². The number of hydrogen-bond donors (Lipinski definition) is 3. The Labute approximate surface area is 134 Å². The zero-order chi connectivity index (χ0) is 16.8. The van der Waals surface area contributed by atoms with E-state index < -0.39 is 28.6 Å². The molecule has 3 atom stereocenters. The van der Waals surface area contributed by atoms with E-state index in [1.54, 1.807) is 31.2 Å². The maximum absolute atomic E-state index is 12.7. The molecule has 0 spiro atoms. The monoisotopic (exact) mass is 335 g/mol. The normalized spacial score (nSPS) is 22.8. The molecule has 0 aliphatic carbocycles. The summed E-state index contributed by atoms with van der Waals surface area (Å²) in [6.07, 6.45) is -3.59. The van der Waals surface area contributed by atoms with Gasteiger partial charge in [0, 0.05) is 11.1 Å². The van der Waals surface area contributed by atoms with E-state index in [2.05, 4.69) is 0 Å². The van der Waals surface area contributed by atoms with Gasteiger partial charge in [-0.3, -0.25) is 0 Å². The number of aliphatic hydroxyl groups is 3. The molecular weight excluding hydrogens is 318 g/mol. The smallest absolute Gasteiger partial charge is 0.248 e. The molecule has 122 valence electrons. The molecule has 0 fully saturated rings. The van der Waals surface area contributed by atoms with E-state index in [1.165, 1.54) is 24.3 Å². The van der Waals surface area contributed by atoms with Gasteiger partial charge in [0.15, 0.2) is 0 Å². The quantitative estimate of drug-likeness (QED) is 0.788. The molecule has 0 bridgehead atoms. The van der Waals surface area contributed by atoms with Crippen molar-refractivity contribution in [1.82, 2.24) is 4.31 Å². The van der Waals surface area contributed by atoms with E-state index in [1.807, 2.05) is 0 Å². The number of hydrogen-bond acceptors (Lipinski definition) is 5. The van der Waals surface area contributed by atoms with E-state index in [0.29, 0.717) is 21.0 Å². The lowest BCUT2D eigenvalue weighted by Crippen LogP contribution is -2.33. The van der Waals surface area contributed by atoms with Crippen molar-refractivity contribution in [2.24, 2.45) is 0 Å². The fraction of sp³-hybridized carbons (Fsp3) is 0.250. The molecule has 2 aromatic carbocycles. The lowest BCUT2D eigenvalue weighted by molar-refractivity contribution is -0.0226. The number of nitrogens with zero attached hydrogens (tertiary/aromatic N) is 1. The predicted octanol–water partition coefficient (Wildman–Crippen LogP) is 1.43. The lowest BCUT2D eigenvalue weighted by atomic mass is 10.1. The van der Waals surface area contributed by atoms with E-state index >= 15 is 0 Å². The maximum Gasteiger partial charge on any atom is 0.248 e. The maximum atomic E-state index is 12.7. The fourth-order valence-corrected chi connectivity index (χ4v) is 4.17. The van der Waals surface area contributed by atoms with Gasteiger partial charge in [-0.05, 0) is 24.6 Å². The molecule has 3 rings (SSSR count). The zero-order valence-electron chi connectivity index (χ0n) is 12.4. The highest BCUT2D eigenvalue weighted by Crippen LogP contribution is 2.42. The van der Waals surface area contributed by atoms with Crippen molar-refractivity contribution >= 4 is 10.0 Å². The third kappa shape index (κ3) is 2.56. The van der Waals surface area contributed by atoms with Crippen LogP contribution in [-0.4, -0.2) is 28.0 Å². The molecule has 1 aliphatic rings. The van der Waals surface area contributed by atoms with Crippen molar-refractivity contribution < 1.29 is 23.7 Å². The molecule has 1 aliphatic heterocycles. The Balaban J connectivity index is 2.01. The first kappa shape index (κ1) is 16.1. The molecule has 23 heavy (non-hydrogen) atoms. The molecule has 7 heteroatoms. The topological polar surface area (TPSA) is 98.1 Å². The van der Waals surface area contributed by atoms with E-state index in [9.17, 15) is 23.7 Å². The molecular formula is C16H17NO5S. The van der Waals surface area contributed by atoms with Gasteiger partial charge in [-0.25, -0.2) is 8.42 Å². The summed E-state index contributed by atoms with van der Waals surface area (Å²) in [5.74, 6) is 0. The molecule has 0 radical (unpaired) electrons. The van der Waals surface area contributed by atoms with Crippen molar-refractivity contribution in [3.63, 3.8) is 0 Å². The van der Waals surface area contributed by atoms with Crippen LogP contribution in [-0.2, 0) is 10.0 Å². The summed E-state index contributed by atoms with van der Waals surface area (Å²) in [4.78, 5) is -0.0622. The molecule has 0 aromatic heterocycles. The van der Waals surface area contributed by atoms with Crippen LogP contribution in [0.5, 0.6) is 0 Å². The first-order valence-corrected chi connectivity index (χ1v) is 8.54. The third-order valence-electron chi connectivity index (χ3n) is 3.97. The van der Waals surface area contributed by atoms with Gasteiger partial charge in [-0.15, -0.1) is 4.31 Å². The van der Waals surface area contributed by atoms with Crippen molar-refractivity contribution in [2.45, 2.75) is 30.4 Å². The van der Waals surface area contributed by atoms with Gasteiger partial charge in [0.05, 0.1) is 11.0 Å². The largest absolute Gasteiger partial charge is 0.389 e. The summed E-state index contributed by atoms with van der Waals surface area (Å²) >= 11 is 0. The standard InChI is InChI=1S/C16H17NO5S/c1-10(18)11-6-8-12(9-7-11)23(21,22)17-15(19)13-4-2-3-5-14(13)16(17)20/h2-10,15-16,18-20H,1H3. The number of rotatable bonds is 3. The van der Waals surface area contributed by atoms with Gasteiger partial charge in [-0.1, -0.05) is 36.4 Å². The van der Waals surface area contributed by atoms with Gasteiger partial charge in [0.25, 0.3) is 0 Å². The van der Waals surface area contributed by atoms with Crippen LogP contribution in [0.4, 0.5) is 0 Å². The second-order valence-corrected chi connectivity index (χ2v) is 7.30. The van der Waals surface area contributed by atoms with Crippen molar-refractivity contribution in [1.29, 1.82) is 0 Å². The Kier molecular flexibility index (Phi) is 3.99. The SMILES string of the molecule is CC(O)c1ccc(S(=O)(=O)N2C(O)c3ccccc3C2O)cc1. The number of aliphatic hydroxyl groups excluding tert-OH is 3. The first-order valence-electron chi connectivity index (χ1n) is 7.10. The van der Waals surface area contributed by atoms with Gasteiger partial charge in [0.2, 0.25) is 10.0 Å². The van der Waals surface area contributed by atoms with E-state index in [-0.39, 0.29) is 4.90 Å². The van der Waals surface area contributed by atoms with E-state index in [4.69, 9.17) is 0 Å². The Morgan fingerprint density at radius 1 is 0.957 bits per heavy atom. The number of benzene rings is 2. The molecule has 3 N–H and O–H groups in total. The van der Waals surface area contributed by atoms with Crippen molar-refractivity contribution in [2.75, 3.05) is 0 Å². The minimum atomic E-state index is -4.10. The average molecular weight is 335 g/mol. The van der Waals surface area contributed by atoms with Gasteiger partial charge in [-0.2, -0.15) is 0 Å². The summed E-state index contributed by atoms with van der Waals surface area (Å²) in [6, 6.07) is 12.2. The summed E-state index contributed by atoms with van der Waals surface area (Å²) < 4.78 is 26.2. The average Bonchev–Trinajstić information content (AvgIpc) is 2.80.